The van der Waals surface area contributed by atoms with Crippen LogP contribution in [-0.2, 0) is 10.3 Å². The minimum Gasteiger partial charge on any atom is -0.365 e. The molecule has 110 valence electrons. The third kappa shape index (κ3) is 2.38. The molecule has 1 heterocycles. The van der Waals surface area contributed by atoms with Crippen molar-refractivity contribution in [2.75, 3.05) is 0 Å². The Balaban J connectivity index is 2.12. The number of rotatable bonds is 3. The van der Waals surface area contributed by atoms with E-state index in [1.807, 2.05) is 6.07 Å². The highest BCUT2D eigenvalue weighted by molar-refractivity contribution is 7.85. The molecule has 1 aromatic heterocycles. The van der Waals surface area contributed by atoms with Crippen LogP contribution in [0, 0.1) is 17.1 Å². The zero-order valence-electron chi connectivity index (χ0n) is 11.0. The second kappa shape index (κ2) is 5.13. The van der Waals surface area contributed by atoms with Gasteiger partial charge in [-0.25, -0.2) is 4.39 Å². The molecule has 0 aliphatic rings. The molecule has 0 aliphatic carbocycles. The van der Waals surface area contributed by atoms with Crippen molar-refractivity contribution in [3.63, 3.8) is 0 Å². The number of fused-ring (bicyclic) bond motifs is 1. The summed E-state index contributed by atoms with van der Waals surface area (Å²) in [6.45, 7) is 0. The number of benzene rings is 2. The van der Waals surface area contributed by atoms with Crippen molar-refractivity contribution in [2.45, 2.75) is 0 Å². The van der Waals surface area contributed by atoms with Crippen molar-refractivity contribution in [2.24, 2.45) is 0 Å². The van der Waals surface area contributed by atoms with Gasteiger partial charge in [0.05, 0.1) is 5.52 Å². The first-order chi connectivity index (χ1) is 10.5. The Labute approximate surface area is 125 Å². The van der Waals surface area contributed by atoms with E-state index in [0.717, 1.165) is 12.1 Å². The highest BCUT2D eigenvalue weighted by Gasteiger charge is 2.22. The molecular formula is C14H8FN3O3S. The summed E-state index contributed by atoms with van der Waals surface area (Å²) >= 11 is 0. The number of para-hydroxylation sites is 1. The Morgan fingerprint density at radius 2 is 1.95 bits per heavy atom. The van der Waals surface area contributed by atoms with Crippen molar-refractivity contribution in [1.82, 2.24) is 9.19 Å². The smallest absolute Gasteiger partial charge is 0.365 e. The Kier molecular flexibility index (Phi) is 3.27. The summed E-state index contributed by atoms with van der Waals surface area (Å²) in [5.74, 6) is -0.811. The average molecular weight is 317 g/mol. The lowest BCUT2D eigenvalue weighted by Crippen LogP contribution is -2.20. The molecule has 2 aromatic carbocycles. The quantitative estimate of drug-likeness (QED) is 0.739. The maximum absolute atomic E-state index is 13.1. The van der Waals surface area contributed by atoms with Gasteiger partial charge in [-0.15, -0.1) is 9.19 Å². The first-order valence-corrected chi connectivity index (χ1v) is 7.46. The Morgan fingerprint density at radius 3 is 2.68 bits per heavy atom. The Morgan fingerprint density at radius 1 is 1.18 bits per heavy atom. The molecule has 3 rings (SSSR count). The van der Waals surface area contributed by atoms with Crippen LogP contribution in [-0.4, -0.2) is 17.6 Å². The fraction of sp³-hybridized carbons (Fsp3) is 0. The first-order valence-electron chi connectivity index (χ1n) is 6.10. The van der Waals surface area contributed by atoms with Crippen LogP contribution in [0.15, 0.2) is 48.5 Å². The van der Waals surface area contributed by atoms with Crippen LogP contribution >= 0.6 is 0 Å². The fourth-order valence-corrected chi connectivity index (χ4v) is 2.97. The van der Waals surface area contributed by atoms with E-state index in [0.29, 0.717) is 9.47 Å². The number of hydrogen-bond acceptors (Lipinski definition) is 5. The zero-order valence-corrected chi connectivity index (χ0v) is 11.8. The number of nitriles is 1. The van der Waals surface area contributed by atoms with Gasteiger partial charge in [0, 0.05) is 11.5 Å². The van der Waals surface area contributed by atoms with E-state index < -0.39 is 16.1 Å². The normalized spacial score (nSPS) is 11.3. The van der Waals surface area contributed by atoms with Crippen LogP contribution in [0.5, 0.6) is 5.75 Å². The number of halogens is 1. The van der Waals surface area contributed by atoms with Gasteiger partial charge in [-0.05, 0) is 24.3 Å². The maximum atomic E-state index is 13.1. The van der Waals surface area contributed by atoms with Gasteiger partial charge < -0.3 is 4.18 Å². The topological polar surface area (TPSA) is 85.0 Å². The van der Waals surface area contributed by atoms with Gasteiger partial charge in [-0.2, -0.15) is 13.7 Å². The summed E-state index contributed by atoms with van der Waals surface area (Å²) in [4.78, 5) is 0. The summed E-state index contributed by atoms with van der Waals surface area (Å²) in [7, 11) is -4.36. The van der Waals surface area contributed by atoms with Crippen LogP contribution < -0.4 is 4.18 Å². The molecule has 0 saturated heterocycles. The van der Waals surface area contributed by atoms with E-state index in [4.69, 9.17) is 9.44 Å². The summed E-state index contributed by atoms with van der Waals surface area (Å²) in [6.07, 6.45) is 0. The third-order valence-corrected chi connectivity index (χ3v) is 3.98. The van der Waals surface area contributed by atoms with Gasteiger partial charge in [-0.1, -0.05) is 18.2 Å². The Bertz CT molecular complexity index is 1010. The summed E-state index contributed by atoms with van der Waals surface area (Å²) in [6, 6.07) is 12.9. The second-order valence-corrected chi connectivity index (χ2v) is 5.69. The molecule has 0 amide bonds. The number of aromatic nitrogens is 2. The highest BCUT2D eigenvalue weighted by atomic mass is 32.2. The van der Waals surface area contributed by atoms with Crippen LogP contribution in [0.2, 0.25) is 0 Å². The molecule has 0 spiro atoms. The molecule has 0 aliphatic heterocycles. The second-order valence-electron chi connectivity index (χ2n) is 4.32. The lowest BCUT2D eigenvalue weighted by Gasteiger charge is -2.07. The summed E-state index contributed by atoms with van der Waals surface area (Å²) in [5, 5.41) is 13.2. The molecule has 0 bridgehead atoms. The highest BCUT2D eigenvalue weighted by Crippen LogP contribution is 2.21. The standard InChI is InChI=1S/C14H8FN3O3S/c15-10-4-3-5-11(8-10)21-22(19,20)18-14-7-2-1-6-12(14)13(9-16)17-18/h1-8H. The van der Waals surface area contributed by atoms with E-state index in [1.165, 1.54) is 18.2 Å². The third-order valence-electron chi connectivity index (χ3n) is 2.87. The zero-order chi connectivity index (χ0) is 15.7. The van der Waals surface area contributed by atoms with Gasteiger partial charge in [0.1, 0.15) is 17.6 Å². The number of hydrogen-bond donors (Lipinski definition) is 0. The van der Waals surface area contributed by atoms with Crippen molar-refractivity contribution < 1.29 is 17.0 Å². The Hall–Kier alpha value is -2.92. The van der Waals surface area contributed by atoms with E-state index in [2.05, 4.69) is 5.10 Å². The summed E-state index contributed by atoms with van der Waals surface area (Å²) < 4.78 is 43.2. The predicted octanol–water partition coefficient (Wildman–Crippen LogP) is 2.22. The van der Waals surface area contributed by atoms with Crippen LogP contribution in [0.4, 0.5) is 4.39 Å². The molecule has 3 aromatic rings. The van der Waals surface area contributed by atoms with Crippen LogP contribution in [0.25, 0.3) is 10.9 Å². The molecule has 0 unspecified atom stereocenters. The van der Waals surface area contributed by atoms with Gasteiger partial charge in [0.2, 0.25) is 0 Å². The minimum atomic E-state index is -4.36. The van der Waals surface area contributed by atoms with Crippen molar-refractivity contribution in [3.05, 3.63) is 60.0 Å². The molecule has 0 radical (unpaired) electrons. The molecule has 6 nitrogen and oxygen atoms in total. The molecule has 22 heavy (non-hydrogen) atoms. The van der Waals surface area contributed by atoms with E-state index in [1.54, 1.807) is 18.2 Å². The molecule has 0 atom stereocenters. The monoisotopic (exact) mass is 317 g/mol. The van der Waals surface area contributed by atoms with Gasteiger partial charge in [-0.3, -0.25) is 0 Å². The van der Waals surface area contributed by atoms with Gasteiger partial charge in [0.25, 0.3) is 0 Å². The van der Waals surface area contributed by atoms with Crippen molar-refractivity contribution in [3.8, 4) is 11.8 Å². The summed E-state index contributed by atoms with van der Waals surface area (Å²) in [5.41, 5.74) is 0.164. The van der Waals surface area contributed by atoms with E-state index >= 15 is 0 Å². The maximum Gasteiger partial charge on any atom is 0.429 e. The minimum absolute atomic E-state index is 0.0398. The van der Waals surface area contributed by atoms with Crippen molar-refractivity contribution >= 4 is 21.2 Å². The van der Waals surface area contributed by atoms with E-state index in [-0.39, 0.29) is 17.0 Å². The van der Waals surface area contributed by atoms with Crippen LogP contribution in [0.1, 0.15) is 5.69 Å². The molecule has 0 N–H and O–H groups in total. The fourth-order valence-electron chi connectivity index (χ4n) is 1.97. The lowest BCUT2D eigenvalue weighted by molar-refractivity contribution is 0.469. The lowest BCUT2D eigenvalue weighted by atomic mass is 10.2. The van der Waals surface area contributed by atoms with E-state index in [9.17, 15) is 12.8 Å². The molecular weight excluding hydrogens is 309 g/mol. The molecule has 0 saturated carbocycles. The molecule has 8 heteroatoms. The van der Waals surface area contributed by atoms with Crippen LogP contribution in [0.3, 0.4) is 0 Å². The molecule has 0 fully saturated rings. The predicted molar refractivity (Wildman–Crippen MR) is 75.8 cm³/mol. The SMILES string of the molecule is N#Cc1nn(S(=O)(=O)Oc2cccc(F)c2)c2ccccc12. The van der Waals surface area contributed by atoms with Gasteiger partial charge in [0.15, 0.2) is 5.69 Å². The number of nitrogens with zero attached hydrogens (tertiary/aromatic N) is 3. The first kappa shape index (κ1) is 14.0. The average Bonchev–Trinajstić information content (AvgIpc) is 2.86. The van der Waals surface area contributed by atoms with Crippen molar-refractivity contribution in [1.29, 1.82) is 5.26 Å². The largest absolute Gasteiger partial charge is 0.429 e. The van der Waals surface area contributed by atoms with Gasteiger partial charge >= 0.3 is 10.3 Å².